The fourth-order valence-electron chi connectivity index (χ4n) is 1.45. The molecule has 0 radical (unpaired) electrons. The highest BCUT2D eigenvalue weighted by molar-refractivity contribution is 6.30. The Hall–Kier alpha value is -1.32. The molecule has 0 aliphatic carbocycles. The van der Waals surface area contributed by atoms with Crippen LogP contribution in [0.4, 0.5) is 0 Å². The first-order valence-corrected chi connectivity index (χ1v) is 5.00. The van der Waals surface area contributed by atoms with E-state index in [1.54, 1.807) is 0 Å². The second kappa shape index (κ2) is 4.04. The zero-order valence-corrected chi connectivity index (χ0v) is 9.08. The van der Waals surface area contributed by atoms with E-state index in [0.29, 0.717) is 12.3 Å². The van der Waals surface area contributed by atoms with Crippen molar-refractivity contribution in [3.05, 3.63) is 40.6 Å². The average Bonchev–Trinajstić information content (AvgIpc) is 2.66. The number of benzene rings is 1. The maximum absolute atomic E-state index is 5.87. The summed E-state index contributed by atoms with van der Waals surface area (Å²) in [7, 11) is 0. The van der Waals surface area contributed by atoms with E-state index in [1.807, 2.05) is 31.2 Å². The summed E-state index contributed by atoms with van der Waals surface area (Å²) in [6.07, 6.45) is 0. The lowest BCUT2D eigenvalue weighted by Crippen LogP contribution is -1.92. The van der Waals surface area contributed by atoms with Gasteiger partial charge in [-0.3, -0.25) is 0 Å². The van der Waals surface area contributed by atoms with Gasteiger partial charge >= 0.3 is 0 Å². The maximum atomic E-state index is 5.87. The first kappa shape index (κ1) is 10.2. The van der Waals surface area contributed by atoms with Crippen molar-refractivity contribution in [3.8, 4) is 11.3 Å². The van der Waals surface area contributed by atoms with Gasteiger partial charge in [-0.15, -0.1) is 0 Å². The predicted molar refractivity (Wildman–Crippen MR) is 59.6 cm³/mol. The lowest BCUT2D eigenvalue weighted by molar-refractivity contribution is 0.387. The first-order chi connectivity index (χ1) is 7.20. The van der Waals surface area contributed by atoms with Crippen molar-refractivity contribution in [2.75, 3.05) is 0 Å². The second-order valence-electron chi connectivity index (χ2n) is 3.34. The molecular formula is C11H11ClN2O. The van der Waals surface area contributed by atoms with Gasteiger partial charge in [0.2, 0.25) is 0 Å². The number of hydrogen-bond donors (Lipinski definition) is 1. The van der Waals surface area contributed by atoms with Crippen LogP contribution in [0.1, 0.15) is 11.3 Å². The molecule has 0 amide bonds. The summed E-state index contributed by atoms with van der Waals surface area (Å²) in [4.78, 5) is 0. The molecule has 1 heterocycles. The van der Waals surface area contributed by atoms with Crippen molar-refractivity contribution in [1.29, 1.82) is 0 Å². The minimum Gasteiger partial charge on any atom is -0.359 e. The number of rotatable bonds is 2. The highest BCUT2D eigenvalue weighted by atomic mass is 35.5. The summed E-state index contributed by atoms with van der Waals surface area (Å²) in [5.41, 5.74) is 8.33. The van der Waals surface area contributed by atoms with Gasteiger partial charge in [0.1, 0.15) is 5.69 Å². The van der Waals surface area contributed by atoms with E-state index in [2.05, 4.69) is 5.16 Å². The number of nitrogens with two attached hydrogens (primary N) is 1. The Morgan fingerprint density at radius 3 is 2.80 bits per heavy atom. The van der Waals surface area contributed by atoms with Crippen molar-refractivity contribution in [2.24, 2.45) is 5.73 Å². The third-order valence-electron chi connectivity index (χ3n) is 2.22. The Bertz CT molecular complexity index is 479. The number of nitrogens with zero attached hydrogens (tertiary/aromatic N) is 1. The molecule has 1 aromatic heterocycles. The summed E-state index contributed by atoms with van der Waals surface area (Å²) in [5, 5.41) is 4.67. The number of hydrogen-bond acceptors (Lipinski definition) is 3. The zero-order chi connectivity index (χ0) is 10.8. The van der Waals surface area contributed by atoms with Crippen LogP contribution in [0.15, 0.2) is 28.8 Å². The van der Waals surface area contributed by atoms with Gasteiger partial charge in [-0.25, -0.2) is 0 Å². The molecule has 2 N–H and O–H groups in total. The van der Waals surface area contributed by atoms with Crippen molar-refractivity contribution < 1.29 is 4.52 Å². The van der Waals surface area contributed by atoms with Gasteiger partial charge in [0.25, 0.3) is 0 Å². The molecule has 0 bridgehead atoms. The van der Waals surface area contributed by atoms with E-state index < -0.39 is 0 Å². The summed E-state index contributed by atoms with van der Waals surface area (Å²) >= 11 is 5.87. The molecule has 0 unspecified atom stereocenters. The van der Waals surface area contributed by atoms with Crippen molar-refractivity contribution >= 4 is 11.6 Å². The molecule has 0 fully saturated rings. The van der Waals surface area contributed by atoms with Gasteiger partial charge in [0, 0.05) is 16.7 Å². The minimum absolute atomic E-state index is 0.361. The van der Waals surface area contributed by atoms with Crippen molar-refractivity contribution in [3.63, 3.8) is 0 Å². The van der Waals surface area contributed by atoms with Gasteiger partial charge in [0.15, 0.2) is 5.76 Å². The molecule has 1 aromatic carbocycles. The molecule has 0 saturated heterocycles. The van der Waals surface area contributed by atoms with E-state index in [4.69, 9.17) is 21.9 Å². The Morgan fingerprint density at radius 1 is 1.40 bits per heavy atom. The summed E-state index contributed by atoms with van der Waals surface area (Å²) in [6, 6.07) is 7.50. The smallest absolute Gasteiger partial charge is 0.150 e. The molecule has 2 rings (SSSR count). The second-order valence-corrected chi connectivity index (χ2v) is 3.78. The number of halogens is 1. The van der Waals surface area contributed by atoms with Crippen LogP contribution in [0.3, 0.4) is 0 Å². The minimum atomic E-state index is 0.361. The standard InChI is InChI=1S/C11H11ClN2O/c1-7-4-8(12)2-3-10(7)11-5-9(6-13)15-14-11/h2-5H,6,13H2,1H3. The van der Waals surface area contributed by atoms with Crippen LogP contribution < -0.4 is 5.73 Å². The molecule has 0 aliphatic heterocycles. The van der Waals surface area contributed by atoms with Gasteiger partial charge in [0.05, 0.1) is 6.54 Å². The lowest BCUT2D eigenvalue weighted by Gasteiger charge is -2.01. The van der Waals surface area contributed by atoms with E-state index in [-0.39, 0.29) is 0 Å². The van der Waals surface area contributed by atoms with Gasteiger partial charge in [-0.2, -0.15) is 0 Å². The summed E-state index contributed by atoms with van der Waals surface area (Å²) in [6.45, 7) is 2.34. The summed E-state index contributed by atoms with van der Waals surface area (Å²) < 4.78 is 5.05. The molecule has 2 aromatic rings. The van der Waals surface area contributed by atoms with E-state index in [0.717, 1.165) is 21.8 Å². The Kier molecular flexibility index (Phi) is 2.75. The van der Waals surface area contributed by atoms with E-state index in [9.17, 15) is 0 Å². The van der Waals surface area contributed by atoms with Gasteiger partial charge in [-0.05, 0) is 24.6 Å². The fraction of sp³-hybridized carbons (Fsp3) is 0.182. The molecule has 0 aliphatic rings. The highest BCUT2D eigenvalue weighted by Gasteiger charge is 2.07. The predicted octanol–water partition coefficient (Wildman–Crippen LogP) is 2.76. The maximum Gasteiger partial charge on any atom is 0.150 e. The van der Waals surface area contributed by atoms with Gasteiger partial charge < -0.3 is 10.3 Å². The van der Waals surface area contributed by atoms with E-state index >= 15 is 0 Å². The lowest BCUT2D eigenvalue weighted by atomic mass is 10.1. The molecule has 15 heavy (non-hydrogen) atoms. The monoisotopic (exact) mass is 222 g/mol. The van der Waals surface area contributed by atoms with E-state index in [1.165, 1.54) is 0 Å². The van der Waals surface area contributed by atoms with Crippen LogP contribution in [-0.2, 0) is 6.54 Å². The largest absolute Gasteiger partial charge is 0.359 e. The third-order valence-corrected chi connectivity index (χ3v) is 2.46. The molecule has 4 heteroatoms. The first-order valence-electron chi connectivity index (χ1n) is 4.63. The van der Waals surface area contributed by atoms with Crippen LogP contribution in [0.5, 0.6) is 0 Å². The third kappa shape index (κ3) is 2.03. The highest BCUT2D eigenvalue weighted by Crippen LogP contribution is 2.25. The summed E-state index contributed by atoms with van der Waals surface area (Å²) in [5.74, 6) is 0.680. The molecule has 0 atom stereocenters. The average molecular weight is 223 g/mol. The molecule has 3 nitrogen and oxygen atoms in total. The SMILES string of the molecule is Cc1cc(Cl)ccc1-c1cc(CN)on1. The Labute approximate surface area is 92.8 Å². The van der Waals surface area contributed by atoms with Crippen molar-refractivity contribution in [2.45, 2.75) is 13.5 Å². The quantitative estimate of drug-likeness (QED) is 0.850. The topological polar surface area (TPSA) is 52.0 Å². The van der Waals surface area contributed by atoms with Crippen LogP contribution in [0.2, 0.25) is 5.02 Å². The number of aryl methyl sites for hydroxylation is 1. The Morgan fingerprint density at radius 2 is 2.20 bits per heavy atom. The van der Waals surface area contributed by atoms with Gasteiger partial charge in [-0.1, -0.05) is 22.8 Å². The fourth-order valence-corrected chi connectivity index (χ4v) is 1.68. The zero-order valence-electron chi connectivity index (χ0n) is 8.33. The van der Waals surface area contributed by atoms with Crippen molar-refractivity contribution in [1.82, 2.24) is 5.16 Å². The van der Waals surface area contributed by atoms with Crippen LogP contribution in [0, 0.1) is 6.92 Å². The Balaban J connectivity index is 2.44. The molecule has 0 saturated carbocycles. The van der Waals surface area contributed by atoms with Crippen LogP contribution in [-0.4, -0.2) is 5.16 Å². The van der Waals surface area contributed by atoms with Crippen LogP contribution >= 0.6 is 11.6 Å². The molecule has 0 spiro atoms. The number of aromatic nitrogens is 1. The molecular weight excluding hydrogens is 212 g/mol. The normalized spacial score (nSPS) is 10.6. The molecule has 78 valence electrons. The van der Waals surface area contributed by atoms with Crippen LogP contribution in [0.25, 0.3) is 11.3 Å².